The molecule has 54 heavy (non-hydrogen) atoms. The molecule has 0 saturated carbocycles. The van der Waals surface area contributed by atoms with Crippen LogP contribution in [0.5, 0.6) is 0 Å². The molecule has 250 valence electrons. The molecular formula is C52H30OS. The van der Waals surface area contributed by atoms with Crippen LogP contribution in [0.3, 0.4) is 0 Å². The van der Waals surface area contributed by atoms with Gasteiger partial charge in [-0.1, -0.05) is 146 Å². The fourth-order valence-corrected chi connectivity index (χ4v) is 10.2. The van der Waals surface area contributed by atoms with Gasteiger partial charge in [0.1, 0.15) is 11.2 Å². The Labute approximate surface area is 314 Å². The van der Waals surface area contributed by atoms with E-state index in [1.807, 2.05) is 11.3 Å². The summed E-state index contributed by atoms with van der Waals surface area (Å²) in [6, 6.07) is 66.6. The topological polar surface area (TPSA) is 13.1 Å². The Bertz CT molecular complexity index is 3450. The summed E-state index contributed by atoms with van der Waals surface area (Å²) in [4.78, 5) is 0. The number of benzene rings is 10. The van der Waals surface area contributed by atoms with Gasteiger partial charge in [0.25, 0.3) is 0 Å². The Hall–Kier alpha value is -6.74. The third-order valence-electron chi connectivity index (χ3n) is 11.4. The molecule has 0 radical (unpaired) electrons. The zero-order valence-electron chi connectivity index (χ0n) is 29.1. The van der Waals surface area contributed by atoms with Crippen LogP contribution in [0.2, 0.25) is 0 Å². The molecular weight excluding hydrogens is 673 g/mol. The molecule has 12 aromatic rings. The standard InChI is InChI=1S/C52H30OS/c1-3-13-36-31(10-1)12-9-19-40(36)51-43-17-7-5-15-41(43)50(42-16-6-8-18-44(42)51)35-22-25-39-38-24-20-33(28-46(38)53-47(39)29-35)34-21-26-45-49(30-34)54-48-27-23-32-11-2-4-14-37(32)52(45)48/h1-30H. The van der Waals surface area contributed by atoms with Crippen LogP contribution < -0.4 is 0 Å². The molecule has 2 heteroatoms. The normalized spacial score (nSPS) is 12.1. The van der Waals surface area contributed by atoms with E-state index in [4.69, 9.17) is 4.42 Å². The maximum absolute atomic E-state index is 6.73. The van der Waals surface area contributed by atoms with Crippen molar-refractivity contribution in [2.75, 3.05) is 0 Å². The van der Waals surface area contributed by atoms with E-state index in [9.17, 15) is 0 Å². The lowest BCUT2D eigenvalue weighted by molar-refractivity contribution is 0.669. The van der Waals surface area contributed by atoms with Gasteiger partial charge in [-0.15, -0.1) is 11.3 Å². The summed E-state index contributed by atoms with van der Waals surface area (Å²) in [6.07, 6.45) is 0. The van der Waals surface area contributed by atoms with Crippen LogP contribution in [0.25, 0.3) is 119 Å². The average Bonchev–Trinajstić information content (AvgIpc) is 3.80. The van der Waals surface area contributed by atoms with E-state index in [1.54, 1.807) is 0 Å². The molecule has 0 amide bonds. The predicted molar refractivity (Wildman–Crippen MR) is 233 cm³/mol. The Kier molecular flexibility index (Phi) is 6.28. The van der Waals surface area contributed by atoms with E-state index in [2.05, 4.69) is 182 Å². The van der Waals surface area contributed by atoms with Crippen molar-refractivity contribution in [1.29, 1.82) is 0 Å². The van der Waals surface area contributed by atoms with Gasteiger partial charge >= 0.3 is 0 Å². The molecule has 0 aliphatic rings. The first kappa shape index (κ1) is 29.8. The summed E-state index contributed by atoms with van der Waals surface area (Å²) >= 11 is 1.87. The number of rotatable bonds is 3. The summed E-state index contributed by atoms with van der Waals surface area (Å²) in [7, 11) is 0. The van der Waals surface area contributed by atoms with Gasteiger partial charge in [0, 0.05) is 30.9 Å². The summed E-state index contributed by atoms with van der Waals surface area (Å²) in [5.74, 6) is 0. The minimum atomic E-state index is 0.901. The Balaban J connectivity index is 1.01. The highest BCUT2D eigenvalue weighted by Gasteiger charge is 2.19. The number of fused-ring (bicyclic) bond motifs is 11. The van der Waals surface area contributed by atoms with Crippen molar-refractivity contribution in [3.05, 3.63) is 182 Å². The van der Waals surface area contributed by atoms with E-state index in [0.717, 1.165) is 33.1 Å². The largest absolute Gasteiger partial charge is 0.456 e. The Morgan fingerprint density at radius 1 is 0.315 bits per heavy atom. The molecule has 2 heterocycles. The molecule has 0 fully saturated rings. The lowest BCUT2D eigenvalue weighted by Crippen LogP contribution is -1.91. The van der Waals surface area contributed by atoms with Crippen molar-refractivity contribution in [3.63, 3.8) is 0 Å². The van der Waals surface area contributed by atoms with Crippen LogP contribution in [-0.4, -0.2) is 0 Å². The Morgan fingerprint density at radius 2 is 0.833 bits per heavy atom. The van der Waals surface area contributed by atoms with Crippen LogP contribution in [0.1, 0.15) is 0 Å². The second-order valence-corrected chi connectivity index (χ2v) is 15.4. The van der Waals surface area contributed by atoms with Crippen molar-refractivity contribution in [2.24, 2.45) is 0 Å². The van der Waals surface area contributed by atoms with Crippen LogP contribution in [0.15, 0.2) is 186 Å². The first-order valence-electron chi connectivity index (χ1n) is 18.5. The molecule has 0 N–H and O–H groups in total. The highest BCUT2D eigenvalue weighted by atomic mass is 32.1. The lowest BCUT2D eigenvalue weighted by Gasteiger charge is -2.18. The van der Waals surface area contributed by atoms with E-state index in [-0.39, 0.29) is 0 Å². The zero-order valence-corrected chi connectivity index (χ0v) is 30.0. The maximum atomic E-state index is 6.73. The van der Waals surface area contributed by atoms with Gasteiger partial charge in [-0.3, -0.25) is 0 Å². The van der Waals surface area contributed by atoms with E-state index >= 15 is 0 Å². The van der Waals surface area contributed by atoms with Gasteiger partial charge < -0.3 is 4.42 Å². The first-order chi connectivity index (χ1) is 26.8. The molecule has 0 bridgehead atoms. The van der Waals surface area contributed by atoms with E-state index in [1.165, 1.54) is 85.5 Å². The van der Waals surface area contributed by atoms with Crippen molar-refractivity contribution in [1.82, 2.24) is 0 Å². The summed E-state index contributed by atoms with van der Waals surface area (Å²) < 4.78 is 9.36. The fourth-order valence-electron chi connectivity index (χ4n) is 9.01. The molecule has 0 spiro atoms. The monoisotopic (exact) mass is 702 g/mol. The molecule has 0 aliphatic carbocycles. The van der Waals surface area contributed by atoms with Crippen LogP contribution in [-0.2, 0) is 0 Å². The highest BCUT2D eigenvalue weighted by Crippen LogP contribution is 2.46. The molecule has 10 aromatic carbocycles. The van der Waals surface area contributed by atoms with Gasteiger partial charge in [0.05, 0.1) is 0 Å². The molecule has 2 aromatic heterocycles. The predicted octanol–water partition coefficient (Wildman–Crippen LogP) is 15.6. The van der Waals surface area contributed by atoms with E-state index in [0.29, 0.717) is 0 Å². The smallest absolute Gasteiger partial charge is 0.136 e. The van der Waals surface area contributed by atoms with E-state index < -0.39 is 0 Å². The number of hydrogen-bond donors (Lipinski definition) is 0. The molecule has 1 nitrogen and oxygen atoms in total. The average molecular weight is 703 g/mol. The highest BCUT2D eigenvalue weighted by molar-refractivity contribution is 7.26. The summed E-state index contributed by atoms with van der Waals surface area (Å²) in [5.41, 5.74) is 9.09. The van der Waals surface area contributed by atoms with Crippen LogP contribution >= 0.6 is 11.3 Å². The number of thiophene rings is 1. The van der Waals surface area contributed by atoms with Gasteiger partial charge in [0.15, 0.2) is 0 Å². The second-order valence-electron chi connectivity index (χ2n) is 14.4. The summed E-state index contributed by atoms with van der Waals surface area (Å²) in [5, 5.41) is 15.0. The second kappa shape index (κ2) is 11.4. The van der Waals surface area contributed by atoms with Crippen LogP contribution in [0.4, 0.5) is 0 Å². The fraction of sp³-hybridized carbons (Fsp3) is 0. The maximum Gasteiger partial charge on any atom is 0.136 e. The quantitative estimate of drug-likeness (QED) is 0.167. The third-order valence-corrected chi connectivity index (χ3v) is 12.6. The van der Waals surface area contributed by atoms with Gasteiger partial charge in [0.2, 0.25) is 0 Å². The molecule has 0 atom stereocenters. The summed E-state index contributed by atoms with van der Waals surface area (Å²) in [6.45, 7) is 0. The minimum absolute atomic E-state index is 0.901. The van der Waals surface area contributed by atoms with Crippen molar-refractivity contribution in [2.45, 2.75) is 0 Å². The molecule has 0 unspecified atom stereocenters. The van der Waals surface area contributed by atoms with Crippen molar-refractivity contribution < 1.29 is 4.42 Å². The molecule has 12 rings (SSSR count). The first-order valence-corrected chi connectivity index (χ1v) is 19.3. The van der Waals surface area contributed by atoms with Crippen molar-refractivity contribution >= 4 is 96.5 Å². The van der Waals surface area contributed by atoms with Gasteiger partial charge in [-0.25, -0.2) is 0 Å². The lowest BCUT2D eigenvalue weighted by atomic mass is 9.84. The van der Waals surface area contributed by atoms with Crippen molar-refractivity contribution in [3.8, 4) is 33.4 Å². The van der Waals surface area contributed by atoms with Gasteiger partial charge in [-0.2, -0.15) is 0 Å². The molecule has 0 saturated heterocycles. The third kappa shape index (κ3) is 4.32. The van der Waals surface area contributed by atoms with Gasteiger partial charge in [-0.05, 0) is 113 Å². The van der Waals surface area contributed by atoms with Crippen LogP contribution in [0, 0.1) is 0 Å². The Morgan fingerprint density at radius 3 is 1.54 bits per heavy atom. The number of furan rings is 1. The molecule has 0 aliphatic heterocycles. The number of hydrogen-bond acceptors (Lipinski definition) is 2. The minimum Gasteiger partial charge on any atom is -0.456 e. The zero-order chi connectivity index (χ0) is 35.3. The SMILES string of the molecule is c1ccc2c(-c3c4ccccc4c(-c4ccc5c(c4)oc4cc(-c6ccc7c(c6)sc6ccc8ccccc8c67)ccc45)c4ccccc34)cccc2c1.